The van der Waals surface area contributed by atoms with Crippen LogP contribution in [0.1, 0.15) is 42.1 Å². The Kier molecular flexibility index (Phi) is 4.30. The minimum absolute atomic E-state index is 0.166. The second-order valence-corrected chi connectivity index (χ2v) is 5.76. The van der Waals surface area contributed by atoms with E-state index in [0.717, 1.165) is 36.2 Å². The number of aryl methyl sites for hydroxylation is 1. The molecule has 0 saturated heterocycles. The molecule has 1 aliphatic rings. The SMILES string of the molecule is CCc1ccc(Cc2ccc(F)cc2CNC2CC2)nc1. The quantitative estimate of drug-likeness (QED) is 0.876. The number of aromatic nitrogens is 1. The molecule has 0 amide bonds. The maximum Gasteiger partial charge on any atom is 0.123 e. The lowest BCUT2D eigenvalue weighted by Crippen LogP contribution is -2.16. The van der Waals surface area contributed by atoms with Crippen molar-refractivity contribution in [3.05, 3.63) is 64.7 Å². The van der Waals surface area contributed by atoms with Gasteiger partial charge in [0.25, 0.3) is 0 Å². The van der Waals surface area contributed by atoms with Gasteiger partial charge in [0.15, 0.2) is 0 Å². The molecule has 1 aromatic heterocycles. The lowest BCUT2D eigenvalue weighted by Gasteiger charge is -2.11. The number of hydrogen-bond donors (Lipinski definition) is 1. The van der Waals surface area contributed by atoms with Gasteiger partial charge in [-0.2, -0.15) is 0 Å². The van der Waals surface area contributed by atoms with Crippen molar-refractivity contribution in [1.29, 1.82) is 0 Å². The molecule has 1 fully saturated rings. The predicted molar refractivity (Wildman–Crippen MR) is 82.7 cm³/mol. The van der Waals surface area contributed by atoms with Gasteiger partial charge in [-0.25, -0.2) is 4.39 Å². The molecule has 110 valence electrons. The van der Waals surface area contributed by atoms with E-state index in [0.29, 0.717) is 6.04 Å². The largest absolute Gasteiger partial charge is 0.310 e. The third kappa shape index (κ3) is 3.88. The van der Waals surface area contributed by atoms with Gasteiger partial charge < -0.3 is 5.32 Å². The second kappa shape index (κ2) is 6.35. The number of rotatable bonds is 6. The van der Waals surface area contributed by atoms with E-state index >= 15 is 0 Å². The fraction of sp³-hybridized carbons (Fsp3) is 0.389. The molecular formula is C18H21FN2. The molecule has 3 heteroatoms. The number of nitrogens with zero attached hydrogens (tertiary/aromatic N) is 1. The van der Waals surface area contributed by atoms with Crippen molar-refractivity contribution < 1.29 is 4.39 Å². The summed E-state index contributed by atoms with van der Waals surface area (Å²) in [5.41, 5.74) is 4.48. The van der Waals surface area contributed by atoms with Crippen LogP contribution in [-0.2, 0) is 19.4 Å². The molecule has 0 aliphatic heterocycles. The van der Waals surface area contributed by atoms with Gasteiger partial charge in [0, 0.05) is 30.9 Å². The molecule has 21 heavy (non-hydrogen) atoms. The first-order chi connectivity index (χ1) is 10.2. The molecule has 1 heterocycles. The summed E-state index contributed by atoms with van der Waals surface area (Å²) in [6, 6.07) is 9.88. The van der Waals surface area contributed by atoms with E-state index in [2.05, 4.69) is 29.4 Å². The summed E-state index contributed by atoms with van der Waals surface area (Å²) >= 11 is 0. The second-order valence-electron chi connectivity index (χ2n) is 5.76. The number of nitrogens with one attached hydrogen (secondary N) is 1. The molecule has 0 bridgehead atoms. The summed E-state index contributed by atoms with van der Waals surface area (Å²) < 4.78 is 13.5. The van der Waals surface area contributed by atoms with Crippen molar-refractivity contribution in [2.24, 2.45) is 0 Å². The predicted octanol–water partition coefficient (Wildman–Crippen LogP) is 3.63. The van der Waals surface area contributed by atoms with Crippen LogP contribution in [0.25, 0.3) is 0 Å². The summed E-state index contributed by atoms with van der Waals surface area (Å²) in [6.45, 7) is 2.86. The highest BCUT2D eigenvalue weighted by Gasteiger charge is 2.20. The fourth-order valence-electron chi connectivity index (χ4n) is 2.44. The Balaban J connectivity index is 1.75. The molecule has 1 N–H and O–H groups in total. The molecule has 0 atom stereocenters. The van der Waals surface area contributed by atoms with Crippen molar-refractivity contribution in [2.75, 3.05) is 0 Å². The number of benzene rings is 1. The van der Waals surface area contributed by atoms with Crippen LogP contribution in [0.3, 0.4) is 0 Å². The first kappa shape index (κ1) is 14.2. The maximum atomic E-state index is 13.5. The Hall–Kier alpha value is -1.74. The monoisotopic (exact) mass is 284 g/mol. The molecule has 2 aromatic rings. The van der Waals surface area contributed by atoms with E-state index in [4.69, 9.17) is 0 Å². The Morgan fingerprint density at radius 2 is 2.05 bits per heavy atom. The average molecular weight is 284 g/mol. The van der Waals surface area contributed by atoms with E-state index < -0.39 is 0 Å². The average Bonchev–Trinajstić information content (AvgIpc) is 3.32. The van der Waals surface area contributed by atoms with Crippen LogP contribution in [0.4, 0.5) is 4.39 Å². The van der Waals surface area contributed by atoms with Crippen LogP contribution in [0.5, 0.6) is 0 Å². The zero-order valence-corrected chi connectivity index (χ0v) is 12.4. The van der Waals surface area contributed by atoms with Crippen LogP contribution in [0.2, 0.25) is 0 Å². The van der Waals surface area contributed by atoms with Gasteiger partial charge in [-0.1, -0.05) is 19.1 Å². The van der Waals surface area contributed by atoms with Crippen molar-refractivity contribution >= 4 is 0 Å². The lowest BCUT2D eigenvalue weighted by molar-refractivity contribution is 0.617. The van der Waals surface area contributed by atoms with Crippen molar-refractivity contribution in [1.82, 2.24) is 10.3 Å². The molecule has 2 nitrogen and oxygen atoms in total. The summed E-state index contributed by atoms with van der Waals surface area (Å²) in [7, 11) is 0. The van der Waals surface area contributed by atoms with E-state index in [9.17, 15) is 4.39 Å². The lowest BCUT2D eigenvalue weighted by atomic mass is 10.0. The summed E-state index contributed by atoms with van der Waals surface area (Å²) in [4.78, 5) is 4.50. The molecule has 1 saturated carbocycles. The number of hydrogen-bond acceptors (Lipinski definition) is 2. The summed E-state index contributed by atoms with van der Waals surface area (Å²) in [6.07, 6.45) is 6.17. The fourth-order valence-corrected chi connectivity index (χ4v) is 2.44. The smallest absolute Gasteiger partial charge is 0.123 e. The zero-order valence-electron chi connectivity index (χ0n) is 12.4. The standard InChI is InChI=1S/C18H21FN2/c1-2-13-3-6-18(20-11-13)10-14-4-5-16(19)9-15(14)12-21-17-7-8-17/h3-6,9,11,17,21H,2,7-8,10,12H2,1H3. The molecule has 0 unspecified atom stereocenters. The Morgan fingerprint density at radius 3 is 2.71 bits per heavy atom. The first-order valence-electron chi connectivity index (χ1n) is 7.69. The van der Waals surface area contributed by atoms with Crippen LogP contribution in [-0.4, -0.2) is 11.0 Å². The topological polar surface area (TPSA) is 24.9 Å². The Bertz CT molecular complexity index is 603. The van der Waals surface area contributed by atoms with E-state index in [1.54, 1.807) is 6.07 Å². The van der Waals surface area contributed by atoms with Crippen molar-refractivity contribution in [3.8, 4) is 0 Å². The van der Waals surface area contributed by atoms with E-state index in [1.165, 1.54) is 24.5 Å². The highest BCUT2D eigenvalue weighted by Crippen LogP contribution is 2.21. The minimum atomic E-state index is -0.166. The van der Waals surface area contributed by atoms with Gasteiger partial charge in [0.05, 0.1) is 0 Å². The molecular weight excluding hydrogens is 263 g/mol. The highest BCUT2D eigenvalue weighted by molar-refractivity contribution is 5.32. The van der Waals surface area contributed by atoms with Crippen molar-refractivity contribution in [3.63, 3.8) is 0 Å². The molecule has 0 radical (unpaired) electrons. The van der Waals surface area contributed by atoms with Crippen LogP contribution in [0.15, 0.2) is 36.5 Å². The van der Waals surface area contributed by atoms with Gasteiger partial charge >= 0.3 is 0 Å². The Morgan fingerprint density at radius 1 is 1.19 bits per heavy atom. The van der Waals surface area contributed by atoms with Gasteiger partial charge in [-0.15, -0.1) is 0 Å². The van der Waals surface area contributed by atoms with Gasteiger partial charge in [-0.3, -0.25) is 4.98 Å². The van der Waals surface area contributed by atoms with Crippen LogP contribution in [0, 0.1) is 5.82 Å². The number of halogens is 1. The molecule has 1 aliphatic carbocycles. The zero-order chi connectivity index (χ0) is 14.7. The van der Waals surface area contributed by atoms with Crippen LogP contribution < -0.4 is 5.32 Å². The highest BCUT2D eigenvalue weighted by atomic mass is 19.1. The third-order valence-corrected chi connectivity index (χ3v) is 3.99. The summed E-state index contributed by atoms with van der Waals surface area (Å²) in [5, 5.41) is 3.46. The minimum Gasteiger partial charge on any atom is -0.310 e. The van der Waals surface area contributed by atoms with Gasteiger partial charge in [-0.05, 0) is 54.2 Å². The van der Waals surface area contributed by atoms with Gasteiger partial charge in [0.2, 0.25) is 0 Å². The number of pyridine rings is 1. The van der Waals surface area contributed by atoms with Crippen molar-refractivity contribution in [2.45, 2.75) is 45.2 Å². The van der Waals surface area contributed by atoms with E-state index in [-0.39, 0.29) is 5.82 Å². The third-order valence-electron chi connectivity index (χ3n) is 3.99. The van der Waals surface area contributed by atoms with Crippen LogP contribution >= 0.6 is 0 Å². The molecule has 3 rings (SSSR count). The molecule has 1 aromatic carbocycles. The summed E-state index contributed by atoms with van der Waals surface area (Å²) in [5.74, 6) is -0.166. The van der Waals surface area contributed by atoms with Gasteiger partial charge in [0.1, 0.15) is 5.82 Å². The Labute approximate surface area is 125 Å². The van der Waals surface area contributed by atoms with E-state index in [1.807, 2.05) is 12.3 Å². The molecule has 0 spiro atoms. The first-order valence-corrected chi connectivity index (χ1v) is 7.69. The normalized spacial score (nSPS) is 14.4. The maximum absolute atomic E-state index is 13.5.